The minimum absolute atomic E-state index is 0.474. The summed E-state index contributed by atoms with van der Waals surface area (Å²) in [4.78, 5) is 13.8. The fraction of sp³-hybridized carbons (Fsp3) is 0.360. The van der Waals surface area contributed by atoms with Gasteiger partial charge in [-0.15, -0.1) is 0 Å². The standard InChI is InChI=1S/C25H33N7O2S/c1-18(2)35(33,34)30-22-7-5-6-21(16-22)27-24-19(3)17-26-25(29-24)28-20-8-10-23(11-9-20)32-14-12-31(4)13-15-32/h5-11,16-18,30H,12-15H2,1-4H3,(H2,26,27,28,29). The zero-order chi connectivity index (χ0) is 25.0. The van der Waals surface area contributed by atoms with E-state index in [-0.39, 0.29) is 0 Å². The van der Waals surface area contributed by atoms with Crippen LogP contribution in [0.2, 0.25) is 0 Å². The molecule has 0 amide bonds. The van der Waals surface area contributed by atoms with Crippen LogP contribution in [0.25, 0.3) is 0 Å². The summed E-state index contributed by atoms with van der Waals surface area (Å²) in [6.07, 6.45) is 1.75. The summed E-state index contributed by atoms with van der Waals surface area (Å²) >= 11 is 0. The van der Waals surface area contributed by atoms with E-state index in [4.69, 9.17) is 0 Å². The third-order valence-electron chi connectivity index (χ3n) is 5.97. The van der Waals surface area contributed by atoms with Crippen LogP contribution in [-0.2, 0) is 10.0 Å². The van der Waals surface area contributed by atoms with Crippen LogP contribution in [0.3, 0.4) is 0 Å². The summed E-state index contributed by atoms with van der Waals surface area (Å²) in [6, 6.07) is 15.4. The summed E-state index contributed by atoms with van der Waals surface area (Å²) in [5.41, 5.74) is 4.20. The van der Waals surface area contributed by atoms with Gasteiger partial charge in [0.05, 0.1) is 10.9 Å². The fourth-order valence-corrected chi connectivity index (χ4v) is 4.35. The molecular formula is C25H33N7O2S. The van der Waals surface area contributed by atoms with E-state index >= 15 is 0 Å². The number of rotatable bonds is 8. The van der Waals surface area contributed by atoms with Gasteiger partial charge in [-0.05, 0) is 70.3 Å². The van der Waals surface area contributed by atoms with Gasteiger partial charge in [-0.25, -0.2) is 13.4 Å². The van der Waals surface area contributed by atoms with Crippen LogP contribution < -0.4 is 20.3 Å². The van der Waals surface area contributed by atoms with Crippen LogP contribution in [0.15, 0.2) is 54.7 Å². The van der Waals surface area contributed by atoms with Gasteiger partial charge >= 0.3 is 0 Å². The molecular weight excluding hydrogens is 462 g/mol. The highest BCUT2D eigenvalue weighted by Crippen LogP contribution is 2.25. The average Bonchev–Trinajstić information content (AvgIpc) is 2.82. The number of nitrogens with zero attached hydrogens (tertiary/aromatic N) is 4. The van der Waals surface area contributed by atoms with E-state index in [1.807, 2.05) is 25.1 Å². The van der Waals surface area contributed by atoms with Crippen molar-refractivity contribution in [3.8, 4) is 0 Å². The molecule has 3 aromatic rings. The number of sulfonamides is 1. The molecule has 0 spiro atoms. The van der Waals surface area contributed by atoms with Crippen molar-refractivity contribution in [2.24, 2.45) is 0 Å². The normalized spacial score (nSPS) is 14.7. The van der Waals surface area contributed by atoms with Gasteiger partial charge in [-0.1, -0.05) is 6.07 Å². The molecule has 0 atom stereocenters. The molecule has 2 heterocycles. The monoisotopic (exact) mass is 495 g/mol. The fourth-order valence-electron chi connectivity index (χ4n) is 3.66. The zero-order valence-electron chi connectivity index (χ0n) is 20.6. The summed E-state index contributed by atoms with van der Waals surface area (Å²) in [7, 11) is -1.27. The molecule has 0 radical (unpaired) electrons. The SMILES string of the molecule is Cc1cnc(Nc2ccc(N3CCN(C)CC3)cc2)nc1Nc1cccc(NS(=O)(=O)C(C)C)c1. The number of aromatic nitrogens is 2. The Morgan fingerprint density at radius 3 is 2.29 bits per heavy atom. The number of aryl methyl sites for hydroxylation is 1. The lowest BCUT2D eigenvalue weighted by atomic mass is 10.2. The lowest BCUT2D eigenvalue weighted by Gasteiger charge is -2.34. The highest BCUT2D eigenvalue weighted by atomic mass is 32.2. The molecule has 1 aromatic heterocycles. The van der Waals surface area contributed by atoms with Crippen LogP contribution in [0.5, 0.6) is 0 Å². The molecule has 1 aliphatic rings. The largest absolute Gasteiger partial charge is 0.369 e. The Morgan fingerprint density at radius 1 is 0.914 bits per heavy atom. The number of piperazine rings is 1. The molecule has 0 bridgehead atoms. The second kappa shape index (κ2) is 10.5. The molecule has 1 saturated heterocycles. The summed E-state index contributed by atoms with van der Waals surface area (Å²) in [5, 5.41) is 6.02. The Bertz CT molecular complexity index is 1260. The predicted octanol–water partition coefficient (Wildman–Crippen LogP) is 4.17. The Morgan fingerprint density at radius 2 is 1.60 bits per heavy atom. The molecule has 9 nitrogen and oxygen atoms in total. The minimum atomic E-state index is -3.42. The molecule has 4 rings (SSSR count). The van der Waals surface area contributed by atoms with Crippen molar-refractivity contribution in [1.29, 1.82) is 0 Å². The lowest BCUT2D eigenvalue weighted by molar-refractivity contribution is 0.313. The van der Waals surface area contributed by atoms with E-state index < -0.39 is 15.3 Å². The lowest BCUT2D eigenvalue weighted by Crippen LogP contribution is -2.44. The van der Waals surface area contributed by atoms with Crippen molar-refractivity contribution >= 4 is 44.5 Å². The van der Waals surface area contributed by atoms with Crippen molar-refractivity contribution in [1.82, 2.24) is 14.9 Å². The Hall–Kier alpha value is -3.37. The predicted molar refractivity (Wildman–Crippen MR) is 144 cm³/mol. The van der Waals surface area contributed by atoms with Crippen LogP contribution in [0.1, 0.15) is 19.4 Å². The van der Waals surface area contributed by atoms with Crippen molar-refractivity contribution in [2.75, 3.05) is 53.5 Å². The molecule has 1 fully saturated rings. The smallest absolute Gasteiger partial charge is 0.235 e. The third kappa shape index (κ3) is 6.40. The number of likely N-dealkylation sites (N-methyl/N-ethyl adjacent to an activating group) is 1. The third-order valence-corrected chi connectivity index (χ3v) is 7.73. The first-order chi connectivity index (χ1) is 16.7. The van der Waals surface area contributed by atoms with E-state index in [1.54, 1.807) is 38.2 Å². The Kier molecular flexibility index (Phi) is 7.42. The van der Waals surface area contributed by atoms with E-state index in [9.17, 15) is 8.42 Å². The van der Waals surface area contributed by atoms with Crippen LogP contribution in [0, 0.1) is 6.92 Å². The molecule has 2 aromatic carbocycles. The first-order valence-corrected chi connectivity index (χ1v) is 13.3. The van der Waals surface area contributed by atoms with Crippen molar-refractivity contribution in [3.05, 3.63) is 60.3 Å². The number of benzene rings is 2. The molecule has 35 heavy (non-hydrogen) atoms. The van der Waals surface area contributed by atoms with Gasteiger partial charge < -0.3 is 20.4 Å². The van der Waals surface area contributed by atoms with Crippen LogP contribution in [0.4, 0.5) is 34.5 Å². The van der Waals surface area contributed by atoms with Gasteiger partial charge in [-0.2, -0.15) is 4.98 Å². The molecule has 10 heteroatoms. The topological polar surface area (TPSA) is 102 Å². The Balaban J connectivity index is 1.44. The van der Waals surface area contributed by atoms with Gasteiger partial charge in [0.2, 0.25) is 16.0 Å². The van der Waals surface area contributed by atoms with E-state index in [0.717, 1.165) is 43.1 Å². The van der Waals surface area contributed by atoms with Crippen LogP contribution >= 0.6 is 0 Å². The number of hydrogen-bond donors (Lipinski definition) is 3. The van der Waals surface area contributed by atoms with Gasteiger partial charge in [0.1, 0.15) is 5.82 Å². The molecule has 1 aliphatic heterocycles. The Labute approximate surface area is 207 Å². The van der Waals surface area contributed by atoms with Crippen molar-refractivity contribution in [2.45, 2.75) is 26.0 Å². The molecule has 0 aliphatic carbocycles. The van der Waals surface area contributed by atoms with Crippen molar-refractivity contribution < 1.29 is 8.42 Å². The van der Waals surface area contributed by atoms with E-state index in [1.165, 1.54) is 5.69 Å². The first-order valence-electron chi connectivity index (χ1n) is 11.7. The number of nitrogens with one attached hydrogen (secondary N) is 3. The average molecular weight is 496 g/mol. The van der Waals surface area contributed by atoms with Gasteiger partial charge in [0, 0.05) is 55.0 Å². The summed E-state index contributed by atoms with van der Waals surface area (Å²) < 4.78 is 27.0. The maximum Gasteiger partial charge on any atom is 0.235 e. The van der Waals surface area contributed by atoms with Gasteiger partial charge in [0.15, 0.2) is 0 Å². The zero-order valence-corrected chi connectivity index (χ0v) is 21.4. The van der Waals surface area contributed by atoms with E-state index in [0.29, 0.717) is 17.5 Å². The molecule has 0 saturated carbocycles. The number of hydrogen-bond acceptors (Lipinski definition) is 8. The maximum atomic E-state index is 12.2. The molecule has 3 N–H and O–H groups in total. The maximum absolute atomic E-state index is 12.2. The molecule has 186 valence electrons. The number of anilines is 6. The van der Waals surface area contributed by atoms with Crippen LogP contribution in [-0.4, -0.2) is 61.8 Å². The van der Waals surface area contributed by atoms with E-state index in [2.05, 4.69) is 54.3 Å². The highest BCUT2D eigenvalue weighted by Gasteiger charge is 2.16. The first kappa shape index (κ1) is 24.7. The summed E-state index contributed by atoms with van der Waals surface area (Å²) in [5.74, 6) is 1.11. The highest BCUT2D eigenvalue weighted by molar-refractivity contribution is 7.93. The minimum Gasteiger partial charge on any atom is -0.369 e. The van der Waals surface area contributed by atoms with Crippen molar-refractivity contribution in [3.63, 3.8) is 0 Å². The quantitative estimate of drug-likeness (QED) is 0.428. The second-order valence-corrected chi connectivity index (χ2v) is 11.3. The molecule has 0 unspecified atom stereocenters. The van der Waals surface area contributed by atoms with Gasteiger partial charge in [-0.3, -0.25) is 4.72 Å². The van der Waals surface area contributed by atoms with Gasteiger partial charge in [0.25, 0.3) is 0 Å². The summed E-state index contributed by atoms with van der Waals surface area (Å²) in [6.45, 7) is 9.40. The second-order valence-electron chi connectivity index (χ2n) is 9.09.